The third kappa shape index (κ3) is 6.05. The van der Waals surface area contributed by atoms with Crippen molar-refractivity contribution in [3.63, 3.8) is 0 Å². The van der Waals surface area contributed by atoms with Gasteiger partial charge in [-0.2, -0.15) is 0 Å². The Kier molecular flexibility index (Phi) is 6.59. The third-order valence-electron chi connectivity index (χ3n) is 4.22. The van der Waals surface area contributed by atoms with E-state index in [1.807, 2.05) is 6.07 Å². The first-order valence-corrected chi connectivity index (χ1v) is 9.85. The first-order chi connectivity index (χ1) is 14.6. The van der Waals surface area contributed by atoms with Gasteiger partial charge in [0, 0.05) is 12.0 Å². The number of benzene rings is 2. The first-order valence-electron chi connectivity index (χ1n) is 9.03. The summed E-state index contributed by atoms with van der Waals surface area (Å²) < 4.78 is 40.7. The summed E-state index contributed by atoms with van der Waals surface area (Å²) in [5, 5.41) is 12.4. The van der Waals surface area contributed by atoms with Crippen LogP contribution in [0.3, 0.4) is 0 Å². The number of nitrogens with zero attached hydrogens (tertiary/aromatic N) is 1. The summed E-state index contributed by atoms with van der Waals surface area (Å²) in [5.41, 5.74) is 1.65. The molecule has 0 fully saturated rings. The summed E-state index contributed by atoms with van der Waals surface area (Å²) >= 11 is 1.02. The third-order valence-corrected chi connectivity index (χ3v) is 5.43. The van der Waals surface area contributed by atoms with Gasteiger partial charge in [0.2, 0.25) is 0 Å². The predicted molar refractivity (Wildman–Crippen MR) is 108 cm³/mol. The quantitative estimate of drug-likeness (QED) is 0.556. The van der Waals surface area contributed by atoms with Crippen LogP contribution in [0.4, 0.5) is 13.2 Å². The highest BCUT2D eigenvalue weighted by Crippen LogP contribution is 2.30. The molecule has 2 aromatic carbocycles. The smallest absolute Gasteiger partial charge is 0.480 e. The van der Waals surface area contributed by atoms with E-state index in [0.717, 1.165) is 29.0 Å². The van der Waals surface area contributed by atoms with Crippen molar-refractivity contribution in [3.05, 3.63) is 70.7 Å². The molecule has 1 atom stereocenters. The van der Waals surface area contributed by atoms with E-state index in [-0.39, 0.29) is 17.0 Å². The molecule has 1 amide bonds. The van der Waals surface area contributed by atoms with Crippen LogP contribution in [0.1, 0.15) is 20.9 Å². The molecule has 0 aliphatic heterocycles. The molecule has 0 bridgehead atoms. The maximum Gasteiger partial charge on any atom is 0.573 e. The molecular formula is C21H17F3N2O4S. The Morgan fingerprint density at radius 1 is 1.13 bits per heavy atom. The molecule has 0 spiro atoms. The number of aliphatic carboxylic acids is 1. The number of rotatable bonds is 7. The molecule has 0 saturated heterocycles. The number of nitrogens with one attached hydrogen (secondary N) is 1. The van der Waals surface area contributed by atoms with Crippen molar-refractivity contribution in [1.29, 1.82) is 0 Å². The van der Waals surface area contributed by atoms with E-state index in [0.29, 0.717) is 16.3 Å². The minimum atomic E-state index is -4.79. The topological polar surface area (TPSA) is 88.5 Å². The lowest BCUT2D eigenvalue weighted by molar-refractivity contribution is -0.274. The zero-order valence-electron chi connectivity index (χ0n) is 16.1. The van der Waals surface area contributed by atoms with Crippen molar-refractivity contribution < 1.29 is 32.6 Å². The highest BCUT2D eigenvalue weighted by molar-refractivity contribution is 7.17. The van der Waals surface area contributed by atoms with Crippen molar-refractivity contribution >= 4 is 23.2 Å². The Balaban J connectivity index is 1.74. The number of carboxylic acids is 1. The van der Waals surface area contributed by atoms with Crippen molar-refractivity contribution in [2.45, 2.75) is 25.7 Å². The van der Waals surface area contributed by atoms with Crippen LogP contribution in [0.2, 0.25) is 0 Å². The number of hydrogen-bond acceptors (Lipinski definition) is 5. The maximum atomic E-state index is 12.7. The van der Waals surface area contributed by atoms with Gasteiger partial charge in [-0.15, -0.1) is 24.5 Å². The fourth-order valence-corrected chi connectivity index (χ4v) is 3.78. The van der Waals surface area contributed by atoms with Gasteiger partial charge in [-0.05, 0) is 36.8 Å². The van der Waals surface area contributed by atoms with Gasteiger partial charge in [0.15, 0.2) is 0 Å². The average molecular weight is 450 g/mol. The van der Waals surface area contributed by atoms with Gasteiger partial charge in [0.1, 0.15) is 21.7 Å². The summed E-state index contributed by atoms with van der Waals surface area (Å²) in [6.45, 7) is 1.60. The van der Waals surface area contributed by atoms with E-state index >= 15 is 0 Å². The van der Waals surface area contributed by atoms with Crippen LogP contribution in [0.25, 0.3) is 10.6 Å². The molecular weight excluding hydrogens is 433 g/mol. The second kappa shape index (κ2) is 9.17. The molecule has 0 unspecified atom stereocenters. The van der Waals surface area contributed by atoms with Crippen molar-refractivity contribution in [2.75, 3.05) is 0 Å². The molecule has 0 aliphatic carbocycles. The van der Waals surface area contributed by atoms with E-state index in [9.17, 15) is 27.9 Å². The monoisotopic (exact) mass is 450 g/mol. The Hall–Kier alpha value is -3.40. The number of halogens is 3. The van der Waals surface area contributed by atoms with Crippen molar-refractivity contribution in [3.8, 4) is 16.3 Å². The fourth-order valence-electron chi connectivity index (χ4n) is 2.80. The van der Waals surface area contributed by atoms with Gasteiger partial charge in [0.05, 0.1) is 5.69 Å². The van der Waals surface area contributed by atoms with E-state index in [2.05, 4.69) is 15.0 Å². The highest BCUT2D eigenvalue weighted by Gasteiger charge is 2.31. The lowest BCUT2D eigenvalue weighted by Crippen LogP contribution is -2.42. The number of aryl methyl sites for hydroxylation is 1. The zero-order valence-corrected chi connectivity index (χ0v) is 17.0. The molecule has 3 aromatic rings. The minimum absolute atomic E-state index is 0.118. The second-order valence-corrected chi connectivity index (χ2v) is 7.56. The molecule has 2 N–H and O–H groups in total. The molecule has 0 radical (unpaired) electrons. The number of hydrogen-bond donors (Lipinski definition) is 2. The van der Waals surface area contributed by atoms with Crippen LogP contribution in [-0.2, 0) is 11.2 Å². The first kappa shape index (κ1) is 22.3. The number of thiazole rings is 1. The lowest BCUT2D eigenvalue weighted by Gasteiger charge is -2.14. The van der Waals surface area contributed by atoms with Gasteiger partial charge in [-0.1, -0.05) is 30.3 Å². The Morgan fingerprint density at radius 2 is 1.77 bits per heavy atom. The molecule has 10 heteroatoms. The van der Waals surface area contributed by atoms with Crippen LogP contribution in [-0.4, -0.2) is 34.4 Å². The fraction of sp³-hybridized carbons (Fsp3) is 0.190. The van der Waals surface area contributed by atoms with Gasteiger partial charge < -0.3 is 15.2 Å². The van der Waals surface area contributed by atoms with Crippen LogP contribution in [0, 0.1) is 6.92 Å². The van der Waals surface area contributed by atoms with Gasteiger partial charge >= 0.3 is 12.3 Å². The van der Waals surface area contributed by atoms with Gasteiger partial charge in [-0.3, -0.25) is 4.79 Å². The molecule has 0 saturated carbocycles. The molecule has 0 aliphatic rings. The average Bonchev–Trinajstić information content (AvgIpc) is 3.09. The summed E-state index contributed by atoms with van der Waals surface area (Å²) in [5.74, 6) is -2.12. The molecule has 1 aromatic heterocycles. The lowest BCUT2D eigenvalue weighted by atomic mass is 10.1. The minimum Gasteiger partial charge on any atom is -0.480 e. The van der Waals surface area contributed by atoms with E-state index in [1.165, 1.54) is 12.1 Å². The Morgan fingerprint density at radius 3 is 2.35 bits per heavy atom. The van der Waals surface area contributed by atoms with Crippen molar-refractivity contribution in [2.24, 2.45) is 0 Å². The standard InChI is InChI=1S/C21H17F3N2O4S/c1-12-17(18(27)26-16(20(28)29)11-13-5-3-2-4-6-13)31-19(25-12)14-7-9-15(10-8-14)30-21(22,23)24/h2-10,16H,11H2,1H3,(H,26,27)(H,28,29)/t16-/m1/s1. The summed E-state index contributed by atoms with van der Waals surface area (Å²) in [6, 6.07) is 12.9. The molecule has 162 valence electrons. The largest absolute Gasteiger partial charge is 0.573 e. The molecule has 31 heavy (non-hydrogen) atoms. The van der Waals surface area contributed by atoms with Gasteiger partial charge in [-0.25, -0.2) is 9.78 Å². The highest BCUT2D eigenvalue weighted by atomic mass is 32.1. The number of amides is 1. The van der Waals surface area contributed by atoms with Crippen LogP contribution >= 0.6 is 11.3 Å². The van der Waals surface area contributed by atoms with Crippen LogP contribution < -0.4 is 10.1 Å². The predicted octanol–water partition coefficient (Wildman–Crippen LogP) is 4.44. The number of alkyl halides is 3. The number of aromatic nitrogens is 1. The number of carbonyl (C=O) groups excluding carboxylic acids is 1. The number of carboxylic acid groups (broad SMARTS) is 1. The number of carbonyl (C=O) groups is 2. The van der Waals surface area contributed by atoms with Crippen molar-refractivity contribution in [1.82, 2.24) is 10.3 Å². The molecule has 6 nitrogen and oxygen atoms in total. The van der Waals surface area contributed by atoms with E-state index in [1.54, 1.807) is 31.2 Å². The maximum absolute atomic E-state index is 12.7. The van der Waals surface area contributed by atoms with Crippen LogP contribution in [0.5, 0.6) is 5.75 Å². The van der Waals surface area contributed by atoms with E-state index in [4.69, 9.17) is 0 Å². The SMILES string of the molecule is Cc1nc(-c2ccc(OC(F)(F)F)cc2)sc1C(=O)N[C@H](Cc1ccccc1)C(=O)O. The summed E-state index contributed by atoms with van der Waals surface area (Å²) in [6.07, 6.45) is -4.67. The number of ether oxygens (including phenoxy) is 1. The normalized spacial score (nSPS) is 12.3. The Labute approximate surface area is 179 Å². The Bertz CT molecular complexity index is 1070. The molecule has 1 heterocycles. The summed E-state index contributed by atoms with van der Waals surface area (Å²) in [7, 11) is 0. The van der Waals surface area contributed by atoms with Gasteiger partial charge in [0.25, 0.3) is 5.91 Å². The summed E-state index contributed by atoms with van der Waals surface area (Å²) in [4.78, 5) is 28.8. The zero-order chi connectivity index (χ0) is 22.6. The van der Waals surface area contributed by atoms with E-state index < -0.39 is 24.3 Å². The van der Waals surface area contributed by atoms with Crippen LogP contribution in [0.15, 0.2) is 54.6 Å². The molecule has 3 rings (SSSR count). The second-order valence-electron chi connectivity index (χ2n) is 6.56.